The molecule has 0 aliphatic heterocycles. The Hall–Kier alpha value is -3.36. The van der Waals surface area contributed by atoms with Crippen LogP contribution in [-0.2, 0) is 10.0 Å². The first kappa shape index (κ1) is 16.5. The molecule has 0 radical (unpaired) electrons. The molecule has 124 valence electrons. The summed E-state index contributed by atoms with van der Waals surface area (Å²) >= 11 is 0. The van der Waals surface area contributed by atoms with Crippen LogP contribution in [0.25, 0.3) is 16.9 Å². The predicted octanol–water partition coefficient (Wildman–Crippen LogP) is 1.67. The maximum absolute atomic E-state index is 12.0. The van der Waals surface area contributed by atoms with Crippen LogP contribution in [-0.4, -0.2) is 35.6 Å². The minimum absolute atomic E-state index is 0.0578. The van der Waals surface area contributed by atoms with E-state index in [2.05, 4.69) is 15.9 Å². The lowest BCUT2D eigenvalue weighted by Gasteiger charge is -2.20. The Morgan fingerprint density at radius 3 is 2.80 bits per heavy atom. The Balaban J connectivity index is 2.17. The van der Waals surface area contributed by atoms with Crippen molar-refractivity contribution in [3.8, 4) is 29.7 Å². The molecule has 0 fully saturated rings. The second-order valence-corrected chi connectivity index (χ2v) is 7.16. The molecule has 25 heavy (non-hydrogen) atoms. The summed E-state index contributed by atoms with van der Waals surface area (Å²) in [6, 6.07) is 10.7. The molecule has 8 heteroatoms. The van der Waals surface area contributed by atoms with Gasteiger partial charge in [-0.1, -0.05) is 18.1 Å². The normalized spacial score (nSPS) is 11.0. The predicted molar refractivity (Wildman–Crippen MR) is 94.2 cm³/mol. The number of nitrogens with zero attached hydrogens (tertiary/aromatic N) is 5. The summed E-state index contributed by atoms with van der Waals surface area (Å²) in [4.78, 5) is 8.20. The molecular weight excluding hydrogens is 338 g/mol. The number of fused-ring (bicyclic) bond motifs is 1. The third-order valence-corrected chi connectivity index (χ3v) is 4.74. The second-order valence-electron chi connectivity index (χ2n) is 5.25. The number of anilines is 1. The van der Waals surface area contributed by atoms with Gasteiger partial charge in [-0.2, -0.15) is 5.26 Å². The van der Waals surface area contributed by atoms with Gasteiger partial charge in [0.2, 0.25) is 10.0 Å². The van der Waals surface area contributed by atoms with E-state index in [9.17, 15) is 8.42 Å². The zero-order valence-electron chi connectivity index (χ0n) is 13.3. The van der Waals surface area contributed by atoms with E-state index in [4.69, 9.17) is 11.7 Å². The molecule has 0 unspecified atom stereocenters. The van der Waals surface area contributed by atoms with Gasteiger partial charge >= 0.3 is 0 Å². The van der Waals surface area contributed by atoms with Crippen LogP contribution >= 0.6 is 0 Å². The van der Waals surface area contributed by atoms with E-state index in [0.29, 0.717) is 11.3 Å². The zero-order chi connectivity index (χ0) is 18.0. The van der Waals surface area contributed by atoms with Crippen molar-refractivity contribution in [3.63, 3.8) is 0 Å². The van der Waals surface area contributed by atoms with Gasteiger partial charge in [0.25, 0.3) is 0 Å². The van der Waals surface area contributed by atoms with E-state index in [-0.39, 0.29) is 12.2 Å². The quantitative estimate of drug-likeness (QED) is 0.667. The van der Waals surface area contributed by atoms with Crippen molar-refractivity contribution in [2.24, 2.45) is 0 Å². The monoisotopic (exact) mass is 351 g/mol. The fraction of sp³-hybridized carbons (Fsp3) is 0.118. The molecular formula is C17H13N5O2S. The molecule has 0 spiro atoms. The number of rotatable bonds is 4. The van der Waals surface area contributed by atoms with Gasteiger partial charge in [-0.25, -0.2) is 18.4 Å². The van der Waals surface area contributed by atoms with E-state index in [1.165, 1.54) is 6.33 Å². The van der Waals surface area contributed by atoms with Crippen molar-refractivity contribution in [2.45, 2.75) is 0 Å². The van der Waals surface area contributed by atoms with Crippen LogP contribution in [0, 0.1) is 23.7 Å². The standard InChI is InChI=1S/C17H13N5O2S/c1-3-9-22(25(2,23)24)14-6-4-5-13(10-14)16-7-8-19-17-15(11-18)20-12-21(16)17/h1,4-8,10,12H,9H2,2H3. The molecule has 3 aromatic rings. The maximum Gasteiger partial charge on any atom is 0.233 e. The van der Waals surface area contributed by atoms with Crippen molar-refractivity contribution < 1.29 is 8.42 Å². The first-order chi connectivity index (χ1) is 12.0. The minimum Gasteiger partial charge on any atom is -0.282 e. The summed E-state index contributed by atoms with van der Waals surface area (Å²) in [5, 5.41) is 9.09. The summed E-state index contributed by atoms with van der Waals surface area (Å²) in [6.45, 7) is -0.0578. The molecule has 0 aliphatic rings. The van der Waals surface area contributed by atoms with Crippen molar-refractivity contribution >= 4 is 21.4 Å². The Labute approximate surface area is 145 Å². The lowest BCUT2D eigenvalue weighted by Crippen LogP contribution is -2.30. The van der Waals surface area contributed by atoms with Gasteiger partial charge in [0.05, 0.1) is 24.2 Å². The number of nitriles is 1. The van der Waals surface area contributed by atoms with Gasteiger partial charge in [-0.05, 0) is 18.2 Å². The number of hydrogen-bond acceptors (Lipinski definition) is 5. The Kier molecular flexibility index (Phi) is 4.14. The molecule has 3 rings (SSSR count). The average molecular weight is 351 g/mol. The van der Waals surface area contributed by atoms with E-state index in [0.717, 1.165) is 21.8 Å². The van der Waals surface area contributed by atoms with E-state index in [1.807, 2.05) is 12.1 Å². The highest BCUT2D eigenvalue weighted by Crippen LogP contribution is 2.26. The Bertz CT molecular complexity index is 1140. The molecule has 0 atom stereocenters. The van der Waals surface area contributed by atoms with Crippen LogP contribution in [0.2, 0.25) is 0 Å². The van der Waals surface area contributed by atoms with E-state index >= 15 is 0 Å². The first-order valence-corrected chi connectivity index (χ1v) is 9.04. The largest absolute Gasteiger partial charge is 0.282 e. The van der Waals surface area contributed by atoms with Crippen molar-refractivity contribution in [1.29, 1.82) is 5.26 Å². The van der Waals surface area contributed by atoms with Gasteiger partial charge in [-0.15, -0.1) is 6.42 Å². The van der Waals surface area contributed by atoms with Gasteiger partial charge in [-0.3, -0.25) is 8.71 Å². The lowest BCUT2D eigenvalue weighted by molar-refractivity contribution is 0.599. The number of aromatic nitrogens is 3. The minimum atomic E-state index is -3.51. The summed E-state index contributed by atoms with van der Waals surface area (Å²) < 4.78 is 26.8. The first-order valence-electron chi connectivity index (χ1n) is 7.19. The van der Waals surface area contributed by atoms with Gasteiger partial charge in [0.15, 0.2) is 11.3 Å². The molecule has 2 aromatic heterocycles. The topological polar surface area (TPSA) is 91.4 Å². The Morgan fingerprint density at radius 1 is 1.32 bits per heavy atom. The van der Waals surface area contributed by atoms with Gasteiger partial charge in [0, 0.05) is 11.8 Å². The third kappa shape index (κ3) is 3.03. The molecule has 2 heterocycles. The van der Waals surface area contributed by atoms with Crippen LogP contribution in [0.4, 0.5) is 5.69 Å². The number of benzene rings is 1. The summed E-state index contributed by atoms with van der Waals surface area (Å²) in [5.41, 5.74) is 2.60. The molecule has 7 nitrogen and oxygen atoms in total. The van der Waals surface area contributed by atoms with Crippen LogP contribution in [0.15, 0.2) is 42.9 Å². The highest BCUT2D eigenvalue weighted by Gasteiger charge is 2.17. The van der Waals surface area contributed by atoms with Crippen molar-refractivity contribution in [2.75, 3.05) is 17.1 Å². The Morgan fingerprint density at radius 2 is 2.12 bits per heavy atom. The number of terminal acetylenes is 1. The fourth-order valence-corrected chi connectivity index (χ4v) is 3.32. The van der Waals surface area contributed by atoms with Gasteiger partial charge < -0.3 is 0 Å². The summed E-state index contributed by atoms with van der Waals surface area (Å²) in [5.74, 6) is 2.36. The molecule has 0 saturated heterocycles. The van der Waals surface area contributed by atoms with E-state index in [1.54, 1.807) is 34.9 Å². The SMILES string of the molecule is C#CCN(c1cccc(-c2ccnc3c(C#N)ncn23)c1)S(C)(=O)=O. The van der Waals surface area contributed by atoms with Crippen LogP contribution in [0.1, 0.15) is 5.69 Å². The van der Waals surface area contributed by atoms with Crippen LogP contribution < -0.4 is 4.31 Å². The highest BCUT2D eigenvalue weighted by molar-refractivity contribution is 7.92. The molecule has 0 aliphatic carbocycles. The van der Waals surface area contributed by atoms with Gasteiger partial charge in [0.1, 0.15) is 12.4 Å². The van der Waals surface area contributed by atoms with Crippen LogP contribution in [0.3, 0.4) is 0 Å². The molecule has 0 saturated carbocycles. The molecule has 1 aromatic carbocycles. The van der Waals surface area contributed by atoms with Crippen LogP contribution in [0.5, 0.6) is 0 Å². The smallest absolute Gasteiger partial charge is 0.233 e. The number of sulfonamides is 1. The van der Waals surface area contributed by atoms with E-state index < -0.39 is 10.0 Å². The third-order valence-electron chi connectivity index (χ3n) is 3.60. The zero-order valence-corrected chi connectivity index (χ0v) is 14.1. The number of imidazole rings is 1. The number of hydrogen-bond donors (Lipinski definition) is 0. The maximum atomic E-state index is 12.0. The second kappa shape index (κ2) is 6.27. The van der Waals surface area contributed by atoms with Crippen molar-refractivity contribution in [1.82, 2.24) is 14.4 Å². The summed E-state index contributed by atoms with van der Waals surface area (Å²) in [7, 11) is -3.51. The molecule has 0 N–H and O–H groups in total. The summed E-state index contributed by atoms with van der Waals surface area (Å²) in [6.07, 6.45) is 9.50. The highest BCUT2D eigenvalue weighted by atomic mass is 32.2. The lowest BCUT2D eigenvalue weighted by atomic mass is 10.1. The average Bonchev–Trinajstić information content (AvgIpc) is 3.02. The van der Waals surface area contributed by atoms with Crippen molar-refractivity contribution in [3.05, 3.63) is 48.5 Å². The molecule has 0 amide bonds. The fourth-order valence-electron chi connectivity index (χ4n) is 2.52. The molecule has 0 bridgehead atoms.